The summed E-state index contributed by atoms with van der Waals surface area (Å²) in [6.07, 6.45) is 0. The van der Waals surface area contributed by atoms with Gasteiger partial charge in [0.1, 0.15) is 0 Å². The zero-order chi connectivity index (χ0) is 6.85. The van der Waals surface area contributed by atoms with Crippen molar-refractivity contribution >= 4 is 0 Å². The lowest BCUT2D eigenvalue weighted by Crippen LogP contribution is -2.53. The van der Waals surface area contributed by atoms with E-state index < -0.39 is 0 Å². The van der Waals surface area contributed by atoms with Crippen molar-refractivity contribution in [3.05, 3.63) is 0 Å². The number of nitrogens with two attached hydrogens (primary N) is 1. The predicted octanol–water partition coefficient (Wildman–Crippen LogP) is -0.580. The van der Waals surface area contributed by atoms with E-state index >= 15 is 0 Å². The highest BCUT2D eigenvalue weighted by molar-refractivity contribution is 4.79. The summed E-state index contributed by atoms with van der Waals surface area (Å²) in [6, 6.07) is 0. The van der Waals surface area contributed by atoms with E-state index in [2.05, 4.69) is 6.92 Å². The van der Waals surface area contributed by atoms with E-state index in [1.807, 2.05) is 0 Å². The molecule has 1 aliphatic heterocycles. The number of hydrogen-bond acceptors (Lipinski definition) is 3. The zero-order valence-corrected chi connectivity index (χ0v) is 5.75. The topological polar surface area (TPSA) is 49.5 Å². The van der Waals surface area contributed by atoms with Crippen LogP contribution in [0.2, 0.25) is 0 Å². The number of aliphatic hydroxyl groups is 1. The fourth-order valence-electron chi connectivity index (χ4n) is 1.06. The van der Waals surface area contributed by atoms with Crippen LogP contribution in [0.25, 0.3) is 0 Å². The number of hydrogen-bond donors (Lipinski definition) is 2. The average molecular weight is 130 g/mol. The summed E-state index contributed by atoms with van der Waals surface area (Å²) < 4.78 is 0. The van der Waals surface area contributed by atoms with E-state index in [9.17, 15) is 0 Å². The molecule has 0 aromatic heterocycles. The molecular weight excluding hydrogens is 116 g/mol. The molecule has 9 heavy (non-hydrogen) atoms. The number of rotatable bonds is 2. The summed E-state index contributed by atoms with van der Waals surface area (Å²) in [5.74, 6) is 6.46. The van der Waals surface area contributed by atoms with Gasteiger partial charge in [-0.2, -0.15) is 0 Å². The molecule has 54 valence electrons. The first-order valence-corrected chi connectivity index (χ1v) is 3.34. The van der Waals surface area contributed by atoms with Crippen molar-refractivity contribution in [2.24, 2.45) is 17.7 Å². The molecule has 1 aliphatic rings. The molecule has 0 bridgehead atoms. The molecular formula is C6H14N2O. The molecule has 1 atom stereocenters. The maximum Gasteiger partial charge on any atom is 0.0460 e. The summed E-state index contributed by atoms with van der Waals surface area (Å²) in [6.45, 7) is 4.24. The second kappa shape index (κ2) is 2.64. The average Bonchev–Trinajstić information content (AvgIpc) is 1.79. The first-order chi connectivity index (χ1) is 4.24. The van der Waals surface area contributed by atoms with E-state index in [0.717, 1.165) is 13.1 Å². The first kappa shape index (κ1) is 6.99. The second-order valence-electron chi connectivity index (χ2n) is 2.87. The van der Waals surface area contributed by atoms with Crippen molar-refractivity contribution in [1.29, 1.82) is 0 Å². The van der Waals surface area contributed by atoms with Crippen molar-refractivity contribution < 1.29 is 5.11 Å². The van der Waals surface area contributed by atoms with Crippen LogP contribution in [-0.4, -0.2) is 29.8 Å². The van der Waals surface area contributed by atoms with Crippen LogP contribution in [0.4, 0.5) is 0 Å². The molecule has 3 N–H and O–H groups in total. The predicted molar refractivity (Wildman–Crippen MR) is 35.5 cm³/mol. The van der Waals surface area contributed by atoms with Gasteiger partial charge in [-0.1, -0.05) is 6.92 Å². The molecule has 1 unspecified atom stereocenters. The quantitative estimate of drug-likeness (QED) is 0.492. The molecule has 1 heterocycles. The van der Waals surface area contributed by atoms with Crippen LogP contribution in [-0.2, 0) is 0 Å². The molecule has 3 heteroatoms. The van der Waals surface area contributed by atoms with Gasteiger partial charge >= 0.3 is 0 Å². The van der Waals surface area contributed by atoms with E-state index in [4.69, 9.17) is 10.9 Å². The molecule has 3 nitrogen and oxygen atoms in total. The number of nitrogens with zero attached hydrogens (tertiary/aromatic N) is 1. The van der Waals surface area contributed by atoms with E-state index in [-0.39, 0.29) is 0 Å². The highest BCUT2D eigenvalue weighted by atomic mass is 16.3. The molecule has 0 spiro atoms. The van der Waals surface area contributed by atoms with Gasteiger partial charge in [0.25, 0.3) is 0 Å². The van der Waals surface area contributed by atoms with Crippen molar-refractivity contribution in [1.82, 2.24) is 5.01 Å². The highest BCUT2D eigenvalue weighted by Crippen LogP contribution is 2.19. The van der Waals surface area contributed by atoms with Crippen LogP contribution in [0.15, 0.2) is 0 Å². The summed E-state index contributed by atoms with van der Waals surface area (Å²) in [4.78, 5) is 0. The Hall–Kier alpha value is -0.120. The van der Waals surface area contributed by atoms with Crippen LogP contribution in [0, 0.1) is 11.8 Å². The molecule has 0 aromatic carbocycles. The molecule has 1 fully saturated rings. The third-order valence-corrected chi connectivity index (χ3v) is 2.03. The minimum atomic E-state index is 0.290. The molecule has 1 rings (SSSR count). The van der Waals surface area contributed by atoms with Gasteiger partial charge in [-0.25, -0.2) is 5.01 Å². The van der Waals surface area contributed by atoms with Gasteiger partial charge < -0.3 is 5.11 Å². The Balaban J connectivity index is 2.15. The van der Waals surface area contributed by atoms with Crippen molar-refractivity contribution in [3.8, 4) is 0 Å². The minimum absolute atomic E-state index is 0.290. The highest BCUT2D eigenvalue weighted by Gasteiger charge is 2.28. The molecule has 0 saturated carbocycles. The van der Waals surface area contributed by atoms with Gasteiger partial charge in [0.05, 0.1) is 0 Å². The number of aliphatic hydroxyl groups excluding tert-OH is 1. The fourth-order valence-corrected chi connectivity index (χ4v) is 1.06. The standard InChI is InChI=1S/C6H14N2O/c1-5(4-9)6-2-8(7)3-6/h5-6,9H,2-4,7H2,1H3. The summed E-state index contributed by atoms with van der Waals surface area (Å²) in [7, 11) is 0. The summed E-state index contributed by atoms with van der Waals surface area (Å²) in [5.41, 5.74) is 0. The van der Waals surface area contributed by atoms with Crippen LogP contribution in [0.1, 0.15) is 6.92 Å². The lowest BCUT2D eigenvalue weighted by Gasteiger charge is -2.38. The SMILES string of the molecule is CC(CO)C1CN(N)C1. The van der Waals surface area contributed by atoms with Crippen LogP contribution in [0.3, 0.4) is 0 Å². The van der Waals surface area contributed by atoms with Gasteiger partial charge in [0.15, 0.2) is 0 Å². The van der Waals surface area contributed by atoms with Gasteiger partial charge in [0.2, 0.25) is 0 Å². The smallest absolute Gasteiger partial charge is 0.0460 e. The van der Waals surface area contributed by atoms with E-state index in [1.54, 1.807) is 5.01 Å². The summed E-state index contributed by atoms with van der Waals surface area (Å²) in [5, 5.41) is 10.5. The Kier molecular flexibility index (Phi) is 2.05. The molecule has 0 radical (unpaired) electrons. The molecule has 1 saturated heterocycles. The van der Waals surface area contributed by atoms with E-state index in [0.29, 0.717) is 18.4 Å². The third kappa shape index (κ3) is 1.41. The van der Waals surface area contributed by atoms with Gasteiger partial charge in [-0.05, 0) is 11.8 Å². The Morgan fingerprint density at radius 1 is 1.78 bits per heavy atom. The summed E-state index contributed by atoms with van der Waals surface area (Å²) >= 11 is 0. The monoisotopic (exact) mass is 130 g/mol. The van der Waals surface area contributed by atoms with Crippen molar-refractivity contribution in [2.75, 3.05) is 19.7 Å². The molecule has 0 amide bonds. The van der Waals surface area contributed by atoms with Crippen molar-refractivity contribution in [3.63, 3.8) is 0 Å². The molecule has 0 aliphatic carbocycles. The van der Waals surface area contributed by atoms with Crippen LogP contribution >= 0.6 is 0 Å². The second-order valence-corrected chi connectivity index (χ2v) is 2.87. The Labute approximate surface area is 55.4 Å². The molecule has 0 aromatic rings. The van der Waals surface area contributed by atoms with Gasteiger partial charge in [-0.3, -0.25) is 5.84 Å². The maximum absolute atomic E-state index is 8.70. The van der Waals surface area contributed by atoms with Gasteiger partial charge in [-0.15, -0.1) is 0 Å². The normalized spacial score (nSPS) is 25.7. The minimum Gasteiger partial charge on any atom is -0.396 e. The third-order valence-electron chi connectivity index (χ3n) is 2.03. The lowest BCUT2D eigenvalue weighted by molar-refractivity contribution is 0.0400. The Bertz CT molecular complexity index is 91.1. The van der Waals surface area contributed by atoms with Crippen molar-refractivity contribution in [2.45, 2.75) is 6.92 Å². The zero-order valence-electron chi connectivity index (χ0n) is 5.75. The maximum atomic E-state index is 8.70. The van der Waals surface area contributed by atoms with Crippen LogP contribution in [0.5, 0.6) is 0 Å². The van der Waals surface area contributed by atoms with Crippen LogP contribution < -0.4 is 5.84 Å². The first-order valence-electron chi connectivity index (χ1n) is 3.34. The number of hydrazine groups is 1. The lowest BCUT2D eigenvalue weighted by atomic mass is 9.89. The largest absolute Gasteiger partial charge is 0.396 e. The van der Waals surface area contributed by atoms with E-state index in [1.165, 1.54) is 0 Å². The Morgan fingerprint density at radius 2 is 2.33 bits per heavy atom. The fraction of sp³-hybridized carbons (Fsp3) is 1.00. The Morgan fingerprint density at radius 3 is 2.67 bits per heavy atom. The van der Waals surface area contributed by atoms with Gasteiger partial charge in [0, 0.05) is 19.7 Å².